The molecule has 6 nitrogen and oxygen atoms in total. The number of hydrogen-bond acceptors (Lipinski definition) is 4. The minimum Gasteiger partial charge on any atom is -0.467 e. The molecule has 2 aromatic heterocycles. The van der Waals surface area contributed by atoms with E-state index in [-0.39, 0.29) is 11.5 Å². The molecule has 30 heavy (non-hydrogen) atoms. The summed E-state index contributed by atoms with van der Waals surface area (Å²) in [4.78, 5) is 30.2. The van der Waals surface area contributed by atoms with Crippen LogP contribution in [-0.4, -0.2) is 15.5 Å². The first-order chi connectivity index (χ1) is 14.5. The van der Waals surface area contributed by atoms with E-state index in [0.717, 1.165) is 11.0 Å². The molecule has 2 heterocycles. The molecule has 0 atom stereocenters. The molecule has 0 aliphatic carbocycles. The van der Waals surface area contributed by atoms with Crippen LogP contribution in [0.25, 0.3) is 22.3 Å². The van der Waals surface area contributed by atoms with Gasteiger partial charge in [0.25, 0.3) is 11.5 Å². The smallest absolute Gasteiger partial charge is 0.277 e. The Hall–Kier alpha value is -3.67. The zero-order chi connectivity index (χ0) is 21.1. The number of benzene rings is 2. The van der Waals surface area contributed by atoms with E-state index in [1.54, 1.807) is 47.2 Å². The molecule has 0 aliphatic heterocycles. The summed E-state index contributed by atoms with van der Waals surface area (Å²) in [5, 5.41) is 2.81. The van der Waals surface area contributed by atoms with Gasteiger partial charge in [0.1, 0.15) is 11.5 Å². The molecule has 0 radical (unpaired) electrons. The Kier molecular flexibility index (Phi) is 5.48. The van der Waals surface area contributed by atoms with E-state index in [2.05, 4.69) is 24.1 Å². The van der Waals surface area contributed by atoms with Crippen LogP contribution in [-0.2, 0) is 13.1 Å². The number of aromatic nitrogens is 2. The van der Waals surface area contributed by atoms with Crippen LogP contribution in [0.1, 0.15) is 30.0 Å². The average Bonchev–Trinajstić information content (AvgIpc) is 3.27. The Labute approximate surface area is 174 Å². The van der Waals surface area contributed by atoms with Crippen LogP contribution in [0.15, 0.2) is 76.1 Å². The minimum absolute atomic E-state index is 0.127. The van der Waals surface area contributed by atoms with E-state index >= 15 is 0 Å². The summed E-state index contributed by atoms with van der Waals surface area (Å²) >= 11 is 0. The second-order valence-corrected chi connectivity index (χ2v) is 7.60. The van der Waals surface area contributed by atoms with E-state index in [1.165, 1.54) is 0 Å². The van der Waals surface area contributed by atoms with Crippen molar-refractivity contribution in [2.45, 2.75) is 26.9 Å². The van der Waals surface area contributed by atoms with Gasteiger partial charge in [-0.1, -0.05) is 38.1 Å². The lowest BCUT2D eigenvalue weighted by molar-refractivity contribution is 0.0948. The van der Waals surface area contributed by atoms with Gasteiger partial charge in [-0.3, -0.25) is 9.59 Å². The van der Waals surface area contributed by atoms with Crippen LogP contribution in [0.5, 0.6) is 0 Å². The monoisotopic (exact) mass is 401 g/mol. The molecule has 0 fully saturated rings. The SMILES string of the molecule is CC(C)Cn1c(=O)c(-c2ccc(C(=O)NCc3ccco3)cc2)nc2ccccc21. The fourth-order valence-electron chi connectivity index (χ4n) is 3.39. The highest BCUT2D eigenvalue weighted by atomic mass is 16.3. The maximum atomic E-state index is 13.2. The van der Waals surface area contributed by atoms with Gasteiger partial charge in [-0.15, -0.1) is 0 Å². The summed E-state index contributed by atoms with van der Waals surface area (Å²) in [6, 6.07) is 18.2. The lowest BCUT2D eigenvalue weighted by atomic mass is 10.1. The van der Waals surface area contributed by atoms with E-state index in [4.69, 9.17) is 4.42 Å². The number of nitrogens with zero attached hydrogens (tertiary/aromatic N) is 2. The van der Waals surface area contributed by atoms with Crippen LogP contribution in [0, 0.1) is 5.92 Å². The number of hydrogen-bond donors (Lipinski definition) is 1. The van der Waals surface area contributed by atoms with E-state index in [9.17, 15) is 9.59 Å². The quantitative estimate of drug-likeness (QED) is 0.524. The largest absolute Gasteiger partial charge is 0.467 e. The van der Waals surface area contributed by atoms with Gasteiger partial charge in [0.2, 0.25) is 0 Å². The number of para-hydroxylation sites is 2. The molecule has 0 saturated carbocycles. The summed E-state index contributed by atoms with van der Waals surface area (Å²) in [5.74, 6) is 0.800. The Morgan fingerprint density at radius 2 is 1.83 bits per heavy atom. The van der Waals surface area contributed by atoms with Crippen molar-refractivity contribution >= 4 is 16.9 Å². The predicted molar refractivity (Wildman–Crippen MR) is 116 cm³/mol. The molecule has 4 rings (SSSR count). The average molecular weight is 401 g/mol. The van der Waals surface area contributed by atoms with Crippen molar-refractivity contribution in [2.75, 3.05) is 0 Å². The first-order valence-electron chi connectivity index (χ1n) is 9.93. The van der Waals surface area contributed by atoms with E-state index in [1.807, 2.05) is 24.3 Å². The first kappa shape index (κ1) is 19.6. The van der Waals surface area contributed by atoms with Crippen molar-refractivity contribution in [3.63, 3.8) is 0 Å². The Bertz CT molecular complexity index is 1220. The topological polar surface area (TPSA) is 77.1 Å². The summed E-state index contributed by atoms with van der Waals surface area (Å²) in [6.45, 7) is 5.09. The second-order valence-electron chi connectivity index (χ2n) is 7.60. The molecule has 0 saturated heterocycles. The van der Waals surface area contributed by atoms with Gasteiger partial charge in [-0.25, -0.2) is 4.98 Å². The molecular formula is C24H23N3O3. The van der Waals surface area contributed by atoms with Gasteiger partial charge >= 0.3 is 0 Å². The molecule has 1 amide bonds. The molecule has 4 aromatic rings. The molecule has 2 aromatic carbocycles. The van der Waals surface area contributed by atoms with Crippen LogP contribution in [0.4, 0.5) is 0 Å². The third-order valence-corrected chi connectivity index (χ3v) is 4.82. The highest BCUT2D eigenvalue weighted by Gasteiger charge is 2.14. The van der Waals surface area contributed by atoms with Crippen molar-refractivity contribution in [3.05, 3.63) is 88.6 Å². The van der Waals surface area contributed by atoms with Crippen molar-refractivity contribution in [2.24, 2.45) is 5.92 Å². The fourth-order valence-corrected chi connectivity index (χ4v) is 3.39. The Balaban J connectivity index is 1.64. The van der Waals surface area contributed by atoms with Crippen molar-refractivity contribution in [1.82, 2.24) is 14.9 Å². The molecule has 152 valence electrons. The molecule has 0 spiro atoms. The standard InChI is InChI=1S/C24H23N3O3/c1-16(2)15-27-21-8-4-3-7-20(21)26-22(24(27)29)17-9-11-18(12-10-17)23(28)25-14-19-6-5-13-30-19/h3-13,16H,14-15H2,1-2H3,(H,25,28). The molecule has 0 aliphatic rings. The highest BCUT2D eigenvalue weighted by molar-refractivity contribution is 5.94. The molecule has 6 heteroatoms. The van der Waals surface area contributed by atoms with Crippen LogP contribution < -0.4 is 10.9 Å². The summed E-state index contributed by atoms with van der Waals surface area (Å²) < 4.78 is 7.01. The highest BCUT2D eigenvalue weighted by Crippen LogP contribution is 2.19. The van der Waals surface area contributed by atoms with Gasteiger partial charge in [-0.2, -0.15) is 0 Å². The lowest BCUT2D eigenvalue weighted by Gasteiger charge is -2.14. The molecule has 0 unspecified atom stereocenters. The number of fused-ring (bicyclic) bond motifs is 1. The Morgan fingerprint density at radius 1 is 1.07 bits per heavy atom. The summed E-state index contributed by atoms with van der Waals surface area (Å²) in [6.07, 6.45) is 1.57. The number of carbonyl (C=O) groups excluding carboxylic acids is 1. The maximum Gasteiger partial charge on any atom is 0.277 e. The van der Waals surface area contributed by atoms with E-state index in [0.29, 0.717) is 41.6 Å². The van der Waals surface area contributed by atoms with E-state index < -0.39 is 0 Å². The number of rotatable bonds is 6. The van der Waals surface area contributed by atoms with Gasteiger partial charge in [0.05, 0.1) is 23.8 Å². The zero-order valence-corrected chi connectivity index (χ0v) is 17.0. The number of nitrogens with one attached hydrogen (secondary N) is 1. The summed E-state index contributed by atoms with van der Waals surface area (Å²) in [7, 11) is 0. The number of furan rings is 1. The Morgan fingerprint density at radius 3 is 2.53 bits per heavy atom. The molecular weight excluding hydrogens is 378 g/mol. The fraction of sp³-hybridized carbons (Fsp3) is 0.208. The molecule has 0 bridgehead atoms. The summed E-state index contributed by atoms with van der Waals surface area (Å²) in [5.41, 5.74) is 3.05. The van der Waals surface area contributed by atoms with Crippen LogP contribution >= 0.6 is 0 Å². The van der Waals surface area contributed by atoms with Gasteiger partial charge in [0.15, 0.2) is 0 Å². The maximum absolute atomic E-state index is 13.2. The van der Waals surface area contributed by atoms with Gasteiger partial charge < -0.3 is 14.3 Å². The number of carbonyl (C=O) groups is 1. The third kappa shape index (κ3) is 4.03. The third-order valence-electron chi connectivity index (χ3n) is 4.82. The number of amides is 1. The van der Waals surface area contributed by atoms with Gasteiger partial charge in [-0.05, 0) is 42.3 Å². The van der Waals surface area contributed by atoms with Crippen molar-refractivity contribution in [3.8, 4) is 11.3 Å². The van der Waals surface area contributed by atoms with Crippen LogP contribution in [0.2, 0.25) is 0 Å². The predicted octanol–water partition coefficient (Wildman–Crippen LogP) is 4.24. The zero-order valence-electron chi connectivity index (χ0n) is 17.0. The van der Waals surface area contributed by atoms with Gasteiger partial charge in [0, 0.05) is 17.7 Å². The van der Waals surface area contributed by atoms with Crippen molar-refractivity contribution < 1.29 is 9.21 Å². The lowest BCUT2D eigenvalue weighted by Crippen LogP contribution is -2.25. The van der Waals surface area contributed by atoms with Crippen molar-refractivity contribution in [1.29, 1.82) is 0 Å². The minimum atomic E-state index is -0.207. The first-order valence-corrected chi connectivity index (χ1v) is 9.93. The van der Waals surface area contributed by atoms with Crippen LogP contribution in [0.3, 0.4) is 0 Å². The molecule has 1 N–H and O–H groups in total. The second kappa shape index (κ2) is 8.37. The normalized spacial score (nSPS) is 11.2.